The highest BCUT2D eigenvalue weighted by Crippen LogP contribution is 2.49. The fourth-order valence-corrected chi connectivity index (χ4v) is 3.97. The van der Waals surface area contributed by atoms with Crippen LogP contribution in [0.15, 0.2) is 28.7 Å². The van der Waals surface area contributed by atoms with Gasteiger partial charge in [-0.25, -0.2) is 4.57 Å². The summed E-state index contributed by atoms with van der Waals surface area (Å²) in [5.74, 6) is 0.603. The third kappa shape index (κ3) is 8.04. The molecule has 0 heterocycles. The molecule has 0 N–H and O–H groups in total. The smallest absolute Gasteiger partial charge is 0.379 e. The molecule has 0 saturated heterocycles. The molecule has 0 spiro atoms. The van der Waals surface area contributed by atoms with Crippen molar-refractivity contribution in [2.75, 3.05) is 12.8 Å². The quantitative estimate of drug-likeness (QED) is 0.330. The molecular formula is C16H26BrO3P. The Kier molecular flexibility index (Phi) is 9.30. The Morgan fingerprint density at radius 3 is 2.29 bits per heavy atom. The summed E-state index contributed by atoms with van der Waals surface area (Å²) in [6, 6.07) is 7.37. The molecule has 1 unspecified atom stereocenters. The maximum Gasteiger partial charge on any atom is 0.379 e. The van der Waals surface area contributed by atoms with Crippen LogP contribution in [0.25, 0.3) is 0 Å². The summed E-state index contributed by atoms with van der Waals surface area (Å²) >= 11 is 3.38. The highest BCUT2D eigenvalue weighted by atomic mass is 79.9. The van der Waals surface area contributed by atoms with Gasteiger partial charge in [-0.3, -0.25) is 4.52 Å². The van der Waals surface area contributed by atoms with E-state index >= 15 is 0 Å². The number of hydrogen-bond acceptors (Lipinski definition) is 3. The zero-order chi connectivity index (χ0) is 15.6. The molecule has 0 bridgehead atoms. The summed E-state index contributed by atoms with van der Waals surface area (Å²) in [5, 5.41) is 0. The van der Waals surface area contributed by atoms with Gasteiger partial charge in [0.1, 0.15) is 5.75 Å². The second kappa shape index (κ2) is 10.4. The van der Waals surface area contributed by atoms with Crippen molar-refractivity contribution in [1.29, 1.82) is 0 Å². The fraction of sp³-hybridized carbons (Fsp3) is 0.625. The van der Waals surface area contributed by atoms with Crippen molar-refractivity contribution in [3.63, 3.8) is 0 Å². The van der Waals surface area contributed by atoms with Gasteiger partial charge in [0.05, 0.1) is 12.8 Å². The minimum absolute atomic E-state index is 0.480. The predicted molar refractivity (Wildman–Crippen MR) is 92.2 cm³/mol. The van der Waals surface area contributed by atoms with Crippen LogP contribution in [0.5, 0.6) is 5.75 Å². The second-order valence-corrected chi connectivity index (χ2v) is 8.15. The first-order valence-corrected chi connectivity index (χ1v) is 10.3. The van der Waals surface area contributed by atoms with Crippen LogP contribution in [0, 0.1) is 0 Å². The number of benzene rings is 1. The van der Waals surface area contributed by atoms with Crippen molar-refractivity contribution in [2.24, 2.45) is 0 Å². The van der Waals surface area contributed by atoms with Crippen molar-refractivity contribution in [1.82, 2.24) is 0 Å². The Hall–Kier alpha value is -0.310. The predicted octanol–water partition coefficient (Wildman–Crippen LogP) is 6.42. The third-order valence-electron chi connectivity index (χ3n) is 3.13. The van der Waals surface area contributed by atoms with Crippen molar-refractivity contribution in [2.45, 2.75) is 52.4 Å². The van der Waals surface area contributed by atoms with Crippen LogP contribution in [-0.4, -0.2) is 12.8 Å². The van der Waals surface area contributed by atoms with Crippen LogP contribution in [0.3, 0.4) is 0 Å². The van der Waals surface area contributed by atoms with Crippen molar-refractivity contribution < 1.29 is 13.6 Å². The number of rotatable bonds is 11. The molecule has 120 valence electrons. The van der Waals surface area contributed by atoms with Crippen LogP contribution in [0.2, 0.25) is 0 Å². The van der Waals surface area contributed by atoms with Gasteiger partial charge in [-0.1, -0.05) is 55.5 Å². The lowest BCUT2D eigenvalue weighted by molar-refractivity contribution is 0.257. The van der Waals surface area contributed by atoms with Gasteiger partial charge in [0, 0.05) is 4.47 Å². The molecule has 21 heavy (non-hydrogen) atoms. The average Bonchev–Trinajstić information content (AvgIpc) is 2.48. The Morgan fingerprint density at radius 2 is 1.67 bits per heavy atom. The minimum atomic E-state index is -3.04. The summed E-state index contributed by atoms with van der Waals surface area (Å²) in [7, 11) is -3.04. The normalized spacial score (nSPS) is 13.9. The third-order valence-corrected chi connectivity index (χ3v) is 5.59. The van der Waals surface area contributed by atoms with E-state index in [0.717, 1.165) is 30.2 Å². The van der Waals surface area contributed by atoms with E-state index in [1.165, 1.54) is 12.8 Å². The van der Waals surface area contributed by atoms with Gasteiger partial charge in [0.25, 0.3) is 0 Å². The molecule has 1 aromatic rings. The maximum atomic E-state index is 12.8. The fourth-order valence-electron chi connectivity index (χ4n) is 1.88. The van der Waals surface area contributed by atoms with Crippen LogP contribution in [0.1, 0.15) is 52.4 Å². The Labute approximate surface area is 137 Å². The topological polar surface area (TPSA) is 35.5 Å². The van der Waals surface area contributed by atoms with Crippen LogP contribution < -0.4 is 4.52 Å². The van der Waals surface area contributed by atoms with E-state index in [2.05, 4.69) is 29.8 Å². The molecule has 1 atom stereocenters. The molecule has 0 amide bonds. The molecule has 1 rings (SSSR count). The van der Waals surface area contributed by atoms with E-state index in [9.17, 15) is 4.57 Å². The summed E-state index contributed by atoms with van der Waals surface area (Å²) < 4.78 is 25.1. The molecule has 0 aliphatic heterocycles. The lowest BCUT2D eigenvalue weighted by atomic mass is 10.2. The lowest BCUT2D eigenvalue weighted by Crippen LogP contribution is -2.04. The van der Waals surface area contributed by atoms with E-state index in [4.69, 9.17) is 9.05 Å². The van der Waals surface area contributed by atoms with Crippen molar-refractivity contribution in [3.05, 3.63) is 28.7 Å². The molecule has 0 aliphatic rings. The van der Waals surface area contributed by atoms with E-state index < -0.39 is 7.60 Å². The number of halogens is 1. The summed E-state index contributed by atoms with van der Waals surface area (Å²) in [5.41, 5.74) is 0. The van der Waals surface area contributed by atoms with Gasteiger partial charge < -0.3 is 4.52 Å². The lowest BCUT2D eigenvalue weighted by Gasteiger charge is -2.19. The molecule has 0 fully saturated rings. The SMILES string of the molecule is CCCCCCOP(=O)(CCCC)Oc1ccc(Br)cc1. The summed E-state index contributed by atoms with van der Waals surface area (Å²) in [6.07, 6.45) is 6.73. The largest absolute Gasteiger partial charge is 0.424 e. The van der Waals surface area contributed by atoms with Gasteiger partial charge in [-0.2, -0.15) is 0 Å². The maximum absolute atomic E-state index is 12.8. The van der Waals surface area contributed by atoms with Crippen LogP contribution in [0.4, 0.5) is 0 Å². The van der Waals surface area contributed by atoms with E-state index in [-0.39, 0.29) is 0 Å². The van der Waals surface area contributed by atoms with E-state index in [1.807, 2.05) is 24.3 Å². The first-order chi connectivity index (χ1) is 10.1. The van der Waals surface area contributed by atoms with Crippen molar-refractivity contribution >= 4 is 23.5 Å². The zero-order valence-corrected chi connectivity index (χ0v) is 15.5. The molecule has 5 heteroatoms. The van der Waals surface area contributed by atoms with Crippen LogP contribution >= 0.6 is 23.5 Å². The number of hydrogen-bond donors (Lipinski definition) is 0. The monoisotopic (exact) mass is 376 g/mol. The highest BCUT2D eigenvalue weighted by molar-refractivity contribution is 9.10. The molecule has 1 aromatic carbocycles. The summed E-state index contributed by atoms with van der Waals surface area (Å²) in [4.78, 5) is 0. The Morgan fingerprint density at radius 1 is 1.00 bits per heavy atom. The van der Waals surface area contributed by atoms with Gasteiger partial charge in [0.2, 0.25) is 0 Å². The van der Waals surface area contributed by atoms with Gasteiger partial charge >= 0.3 is 7.60 Å². The van der Waals surface area contributed by atoms with E-state index in [1.54, 1.807) is 0 Å². The molecule has 0 radical (unpaired) electrons. The first kappa shape index (κ1) is 18.7. The molecule has 0 saturated carbocycles. The van der Waals surface area contributed by atoms with E-state index in [0.29, 0.717) is 18.5 Å². The Bertz CT molecular complexity index is 434. The summed E-state index contributed by atoms with van der Waals surface area (Å²) in [6.45, 7) is 4.76. The first-order valence-electron chi connectivity index (χ1n) is 7.78. The zero-order valence-electron chi connectivity index (χ0n) is 13.0. The second-order valence-electron chi connectivity index (χ2n) is 5.13. The molecule has 0 aliphatic carbocycles. The molecular weight excluding hydrogens is 351 g/mol. The molecule has 3 nitrogen and oxygen atoms in total. The average molecular weight is 377 g/mol. The van der Waals surface area contributed by atoms with Gasteiger partial charge in [-0.05, 0) is 37.1 Å². The van der Waals surface area contributed by atoms with Gasteiger partial charge in [-0.15, -0.1) is 0 Å². The highest BCUT2D eigenvalue weighted by Gasteiger charge is 2.25. The van der Waals surface area contributed by atoms with Crippen molar-refractivity contribution in [3.8, 4) is 5.75 Å². The van der Waals surface area contributed by atoms with Crippen LogP contribution in [-0.2, 0) is 9.09 Å². The van der Waals surface area contributed by atoms with Gasteiger partial charge in [0.15, 0.2) is 0 Å². The molecule has 0 aromatic heterocycles. The Balaban J connectivity index is 2.55. The standard InChI is InChI=1S/C16H26BrO3P/c1-3-5-7-8-13-19-21(18,14-6-4-2)20-16-11-9-15(17)10-12-16/h9-12H,3-8,13-14H2,1-2H3. The minimum Gasteiger partial charge on any atom is -0.424 e. The number of unbranched alkanes of at least 4 members (excludes halogenated alkanes) is 4.